The van der Waals surface area contributed by atoms with Gasteiger partial charge in [-0.05, 0) is 24.3 Å². The van der Waals surface area contributed by atoms with Gasteiger partial charge in [0, 0.05) is 12.4 Å². The molecule has 1 N–H and O–H groups in total. The molecule has 0 saturated carbocycles. The van der Waals surface area contributed by atoms with Crippen LogP contribution >= 0.6 is 11.6 Å². The van der Waals surface area contributed by atoms with Crippen LogP contribution in [0.1, 0.15) is 11.3 Å². The summed E-state index contributed by atoms with van der Waals surface area (Å²) in [5.41, 5.74) is -0.339. The van der Waals surface area contributed by atoms with Crippen molar-refractivity contribution in [3.05, 3.63) is 65.1 Å². The lowest BCUT2D eigenvalue weighted by Crippen LogP contribution is -2.26. The summed E-state index contributed by atoms with van der Waals surface area (Å²) in [4.78, 5) is 3.35. The van der Waals surface area contributed by atoms with E-state index in [1.165, 1.54) is 6.07 Å². The van der Waals surface area contributed by atoms with E-state index in [-0.39, 0.29) is 6.54 Å². The van der Waals surface area contributed by atoms with Crippen molar-refractivity contribution < 1.29 is 21.6 Å². The van der Waals surface area contributed by atoms with Gasteiger partial charge in [0.15, 0.2) is 0 Å². The number of alkyl halides is 3. The summed E-state index contributed by atoms with van der Waals surface area (Å²) in [5.74, 6) is 0. The van der Waals surface area contributed by atoms with Crippen LogP contribution in [0, 0.1) is 0 Å². The third kappa shape index (κ3) is 3.78. The number of pyridine rings is 1. The molecule has 0 fully saturated rings. The summed E-state index contributed by atoms with van der Waals surface area (Å²) in [6.45, 7) is -0.256. The molecule has 0 unspecified atom stereocenters. The predicted molar refractivity (Wildman–Crippen MR) is 85.7 cm³/mol. The number of aromatic nitrogens is 2. The minimum atomic E-state index is -4.77. The van der Waals surface area contributed by atoms with Gasteiger partial charge >= 0.3 is 6.18 Å². The number of nitrogens with zero attached hydrogens (tertiary/aromatic N) is 2. The van der Waals surface area contributed by atoms with Crippen molar-refractivity contribution in [2.45, 2.75) is 17.6 Å². The summed E-state index contributed by atoms with van der Waals surface area (Å²) in [6, 6.07) is 7.26. The Balaban J connectivity index is 1.87. The number of rotatable bonds is 4. The lowest BCUT2D eigenvalue weighted by atomic mass is 10.2. The van der Waals surface area contributed by atoms with E-state index in [1.54, 1.807) is 28.9 Å². The third-order valence-corrected chi connectivity index (χ3v) is 5.07. The average molecular weight is 390 g/mol. The molecule has 0 aliphatic carbocycles. The zero-order valence-corrected chi connectivity index (χ0v) is 14.0. The fourth-order valence-corrected chi connectivity index (χ4v) is 3.68. The molecule has 132 valence electrons. The standard InChI is InChI=1S/C15H11ClF3N3O2S/c16-10-5-6-14-21-11(9-22(14)8-10)7-20-25(23,24)13-4-2-1-3-12(13)15(17,18)19/h1-6,8-9,20H,7H2. The average Bonchev–Trinajstić information content (AvgIpc) is 2.94. The van der Waals surface area contributed by atoms with Gasteiger partial charge in [-0.25, -0.2) is 18.1 Å². The highest BCUT2D eigenvalue weighted by Crippen LogP contribution is 2.33. The summed E-state index contributed by atoms with van der Waals surface area (Å²) in [5, 5.41) is 0.469. The monoisotopic (exact) mass is 389 g/mol. The molecule has 3 aromatic rings. The van der Waals surface area contributed by atoms with Crippen molar-refractivity contribution in [2.75, 3.05) is 0 Å². The highest BCUT2D eigenvalue weighted by molar-refractivity contribution is 7.89. The normalized spacial score (nSPS) is 12.6. The van der Waals surface area contributed by atoms with Gasteiger partial charge in [-0.3, -0.25) is 0 Å². The van der Waals surface area contributed by atoms with Gasteiger partial charge in [0.25, 0.3) is 0 Å². The van der Waals surface area contributed by atoms with Crippen LogP contribution < -0.4 is 4.72 Å². The highest BCUT2D eigenvalue weighted by Gasteiger charge is 2.36. The Morgan fingerprint density at radius 1 is 1.12 bits per heavy atom. The second-order valence-corrected chi connectivity index (χ2v) is 7.34. The van der Waals surface area contributed by atoms with Gasteiger partial charge in [0.05, 0.1) is 27.7 Å². The minimum absolute atomic E-state index is 0.256. The Morgan fingerprint density at radius 2 is 1.84 bits per heavy atom. The van der Waals surface area contributed by atoms with E-state index >= 15 is 0 Å². The van der Waals surface area contributed by atoms with Gasteiger partial charge < -0.3 is 4.40 Å². The first-order valence-corrected chi connectivity index (χ1v) is 8.82. The van der Waals surface area contributed by atoms with E-state index in [1.807, 2.05) is 0 Å². The van der Waals surface area contributed by atoms with Crippen molar-refractivity contribution >= 4 is 27.3 Å². The number of halogens is 4. The second kappa shape index (κ2) is 6.32. The number of hydrogen-bond acceptors (Lipinski definition) is 3. The maximum atomic E-state index is 13.0. The number of hydrogen-bond donors (Lipinski definition) is 1. The number of sulfonamides is 1. The molecule has 0 amide bonds. The fraction of sp³-hybridized carbons (Fsp3) is 0.133. The first kappa shape index (κ1) is 17.7. The Bertz CT molecular complexity index is 1030. The molecule has 2 aromatic heterocycles. The van der Waals surface area contributed by atoms with Crippen molar-refractivity contribution in [2.24, 2.45) is 0 Å². The molecular formula is C15H11ClF3N3O2S. The largest absolute Gasteiger partial charge is 0.417 e. The molecule has 0 saturated heterocycles. The SMILES string of the molecule is O=S(=O)(NCc1cn2cc(Cl)ccc2n1)c1ccccc1C(F)(F)F. The number of fused-ring (bicyclic) bond motifs is 1. The Kier molecular flexibility index (Phi) is 4.48. The summed E-state index contributed by atoms with van der Waals surface area (Å²) >= 11 is 5.85. The van der Waals surface area contributed by atoms with E-state index in [4.69, 9.17) is 11.6 Å². The van der Waals surface area contributed by atoms with E-state index in [9.17, 15) is 21.6 Å². The van der Waals surface area contributed by atoms with Gasteiger partial charge in [0.2, 0.25) is 10.0 Å². The Morgan fingerprint density at radius 3 is 2.56 bits per heavy atom. The first-order valence-electron chi connectivity index (χ1n) is 6.96. The molecule has 10 heteroatoms. The summed E-state index contributed by atoms with van der Waals surface area (Å²) in [7, 11) is -4.36. The van der Waals surface area contributed by atoms with Gasteiger partial charge in [-0.2, -0.15) is 13.2 Å². The molecule has 0 aliphatic rings. The molecule has 0 radical (unpaired) electrons. The number of benzene rings is 1. The van der Waals surface area contributed by atoms with Crippen LogP contribution in [-0.2, 0) is 22.7 Å². The third-order valence-electron chi connectivity index (χ3n) is 3.39. The Hall–Kier alpha value is -2.10. The molecule has 3 rings (SSSR count). The first-order chi connectivity index (χ1) is 11.7. The maximum absolute atomic E-state index is 13.0. The van der Waals surface area contributed by atoms with Crippen LogP contribution in [-0.4, -0.2) is 17.8 Å². The zero-order valence-electron chi connectivity index (χ0n) is 12.5. The van der Waals surface area contributed by atoms with E-state index in [0.717, 1.165) is 18.2 Å². The van der Waals surface area contributed by atoms with Crippen LogP contribution in [0.15, 0.2) is 53.7 Å². The van der Waals surface area contributed by atoms with Crippen LogP contribution in [0.3, 0.4) is 0 Å². The fourth-order valence-electron chi connectivity index (χ4n) is 2.28. The molecule has 0 bridgehead atoms. The van der Waals surface area contributed by atoms with Crippen molar-refractivity contribution in [1.82, 2.24) is 14.1 Å². The van der Waals surface area contributed by atoms with Crippen molar-refractivity contribution in [1.29, 1.82) is 0 Å². The van der Waals surface area contributed by atoms with Gasteiger partial charge in [0.1, 0.15) is 5.65 Å². The molecule has 5 nitrogen and oxygen atoms in total. The Labute approximate surface area is 146 Å². The zero-order chi connectivity index (χ0) is 18.2. The molecule has 1 aromatic carbocycles. The van der Waals surface area contributed by atoms with Crippen LogP contribution in [0.5, 0.6) is 0 Å². The van der Waals surface area contributed by atoms with Crippen LogP contribution in [0.25, 0.3) is 5.65 Å². The topological polar surface area (TPSA) is 63.5 Å². The van der Waals surface area contributed by atoms with Gasteiger partial charge in [-0.15, -0.1) is 0 Å². The predicted octanol–water partition coefficient (Wildman–Crippen LogP) is 3.49. The summed E-state index contributed by atoms with van der Waals surface area (Å²) in [6.07, 6.45) is -1.65. The van der Waals surface area contributed by atoms with Crippen LogP contribution in [0.2, 0.25) is 5.02 Å². The molecule has 25 heavy (non-hydrogen) atoms. The van der Waals surface area contributed by atoms with E-state index in [0.29, 0.717) is 16.4 Å². The molecule has 2 heterocycles. The second-order valence-electron chi connectivity index (χ2n) is 5.16. The quantitative estimate of drug-likeness (QED) is 0.743. The molecule has 0 aliphatic heterocycles. The molecular weight excluding hydrogens is 379 g/mol. The number of nitrogens with one attached hydrogen (secondary N) is 1. The van der Waals surface area contributed by atoms with Gasteiger partial charge in [-0.1, -0.05) is 23.7 Å². The maximum Gasteiger partial charge on any atom is 0.417 e. The molecule has 0 atom stereocenters. The minimum Gasteiger partial charge on any atom is -0.305 e. The highest BCUT2D eigenvalue weighted by atomic mass is 35.5. The lowest BCUT2D eigenvalue weighted by Gasteiger charge is -2.13. The van der Waals surface area contributed by atoms with Crippen molar-refractivity contribution in [3.8, 4) is 0 Å². The summed E-state index contributed by atoms with van der Waals surface area (Å²) < 4.78 is 67.3. The molecule has 0 spiro atoms. The van der Waals surface area contributed by atoms with Crippen LogP contribution in [0.4, 0.5) is 13.2 Å². The van der Waals surface area contributed by atoms with Crippen molar-refractivity contribution in [3.63, 3.8) is 0 Å². The smallest absolute Gasteiger partial charge is 0.305 e. The number of imidazole rings is 1. The lowest BCUT2D eigenvalue weighted by molar-refractivity contribution is -0.139. The van der Waals surface area contributed by atoms with E-state index < -0.39 is 26.7 Å². The van der Waals surface area contributed by atoms with E-state index in [2.05, 4.69) is 9.71 Å².